The van der Waals surface area contributed by atoms with E-state index in [1.165, 1.54) is 0 Å². The maximum atomic E-state index is 12.2. The van der Waals surface area contributed by atoms with Gasteiger partial charge in [0.2, 0.25) is 11.8 Å². The Hall–Kier alpha value is -2.57. The lowest BCUT2D eigenvalue weighted by Gasteiger charge is -2.37. The lowest BCUT2D eigenvalue weighted by molar-refractivity contribution is -0.132. The molecule has 1 N–H and O–H groups in total. The van der Waals surface area contributed by atoms with E-state index in [0.717, 1.165) is 24.0 Å². The molecule has 1 aliphatic heterocycles. The van der Waals surface area contributed by atoms with Gasteiger partial charge in [0.15, 0.2) is 0 Å². The van der Waals surface area contributed by atoms with Crippen molar-refractivity contribution in [1.29, 1.82) is 0 Å². The molecule has 154 valence electrons. The molecule has 0 unspecified atom stereocenters. The Bertz CT molecular complexity index is 684. The Kier molecular flexibility index (Phi) is 8.29. The Morgan fingerprint density at radius 1 is 1.21 bits per heavy atom. The molecule has 1 aromatic rings. The monoisotopic (exact) mass is 389 g/mol. The number of nitrogens with one attached hydrogen (secondary N) is 1. The van der Waals surface area contributed by atoms with Gasteiger partial charge in [-0.2, -0.15) is 0 Å². The first-order chi connectivity index (χ1) is 13.4. The summed E-state index contributed by atoms with van der Waals surface area (Å²) in [6.45, 7) is 7.73. The van der Waals surface area contributed by atoms with E-state index in [4.69, 9.17) is 4.74 Å². The van der Waals surface area contributed by atoms with Gasteiger partial charge >= 0.3 is 6.09 Å². The number of benzene rings is 1. The highest BCUT2D eigenvalue weighted by atomic mass is 16.6. The van der Waals surface area contributed by atoms with Crippen molar-refractivity contribution in [3.63, 3.8) is 0 Å². The Balaban J connectivity index is 1.79. The van der Waals surface area contributed by atoms with E-state index in [9.17, 15) is 14.4 Å². The van der Waals surface area contributed by atoms with Gasteiger partial charge in [-0.15, -0.1) is 0 Å². The highest BCUT2D eigenvalue weighted by Gasteiger charge is 2.28. The quantitative estimate of drug-likeness (QED) is 0.775. The van der Waals surface area contributed by atoms with E-state index >= 15 is 0 Å². The highest BCUT2D eigenvalue weighted by molar-refractivity contribution is 5.79. The molecule has 0 aliphatic carbocycles. The lowest BCUT2D eigenvalue weighted by atomic mass is 10.0. The van der Waals surface area contributed by atoms with Gasteiger partial charge in [-0.25, -0.2) is 4.79 Å². The molecule has 7 heteroatoms. The summed E-state index contributed by atoms with van der Waals surface area (Å²) in [5, 5.41) is 2.91. The third-order valence-electron chi connectivity index (χ3n) is 5.12. The topological polar surface area (TPSA) is 79.0 Å². The number of nitrogens with zero attached hydrogens (tertiary/aromatic N) is 2. The van der Waals surface area contributed by atoms with Crippen LogP contribution in [0.1, 0.15) is 37.8 Å². The van der Waals surface area contributed by atoms with Crippen molar-refractivity contribution in [3.05, 3.63) is 35.4 Å². The number of aryl methyl sites for hydroxylation is 1. The van der Waals surface area contributed by atoms with Gasteiger partial charge in [0.1, 0.15) is 0 Å². The van der Waals surface area contributed by atoms with Gasteiger partial charge in [-0.1, -0.05) is 24.3 Å². The zero-order chi connectivity index (χ0) is 20.5. The van der Waals surface area contributed by atoms with Crippen LogP contribution in [0.4, 0.5) is 4.79 Å². The molecule has 1 saturated heterocycles. The Labute approximate surface area is 167 Å². The first-order valence-corrected chi connectivity index (χ1v) is 9.92. The third-order valence-corrected chi connectivity index (χ3v) is 5.12. The summed E-state index contributed by atoms with van der Waals surface area (Å²) in [6.07, 6.45) is 1.48. The van der Waals surface area contributed by atoms with Crippen molar-refractivity contribution in [2.24, 2.45) is 0 Å². The van der Waals surface area contributed by atoms with Crippen LogP contribution in [-0.2, 0) is 20.7 Å². The third kappa shape index (κ3) is 6.25. The van der Waals surface area contributed by atoms with Crippen LogP contribution in [0, 0.1) is 6.92 Å². The summed E-state index contributed by atoms with van der Waals surface area (Å²) < 4.78 is 5.03. The zero-order valence-corrected chi connectivity index (χ0v) is 17.1. The Morgan fingerprint density at radius 3 is 2.50 bits per heavy atom. The summed E-state index contributed by atoms with van der Waals surface area (Å²) in [5.74, 6) is -0.0577. The fraction of sp³-hybridized carbons (Fsp3) is 0.571. The predicted octanol–water partition coefficient (Wildman–Crippen LogP) is 2.12. The summed E-state index contributed by atoms with van der Waals surface area (Å²) in [5.41, 5.74) is 2.10. The first-order valence-electron chi connectivity index (χ1n) is 9.92. The number of ether oxygens (including phenoxy) is 1. The van der Waals surface area contributed by atoms with Crippen LogP contribution < -0.4 is 5.32 Å². The highest BCUT2D eigenvalue weighted by Crippen LogP contribution is 2.17. The summed E-state index contributed by atoms with van der Waals surface area (Å²) in [6, 6.07) is 7.90. The minimum Gasteiger partial charge on any atom is -0.450 e. The normalized spacial score (nSPS) is 14.5. The average Bonchev–Trinajstić information content (AvgIpc) is 2.67. The van der Waals surface area contributed by atoms with E-state index in [-0.39, 0.29) is 23.9 Å². The number of carbonyl (C=O) groups is 3. The van der Waals surface area contributed by atoms with Gasteiger partial charge < -0.3 is 19.9 Å². The van der Waals surface area contributed by atoms with Gasteiger partial charge in [0.05, 0.1) is 13.0 Å². The van der Waals surface area contributed by atoms with Crippen LogP contribution in [0.3, 0.4) is 0 Å². The van der Waals surface area contributed by atoms with Crippen LogP contribution in [0.25, 0.3) is 0 Å². The molecule has 3 amide bonds. The number of piperidine rings is 1. The molecule has 7 nitrogen and oxygen atoms in total. The van der Waals surface area contributed by atoms with Crippen LogP contribution >= 0.6 is 0 Å². The average molecular weight is 389 g/mol. The van der Waals surface area contributed by atoms with Crippen molar-refractivity contribution >= 4 is 17.9 Å². The first kappa shape index (κ1) is 21.7. The molecule has 0 radical (unpaired) electrons. The SMILES string of the molecule is CCOC(=O)N1CCC(N(CCNC(=O)Cc2ccccc2C)C(C)=O)CC1. The van der Waals surface area contributed by atoms with Gasteiger partial charge in [0, 0.05) is 39.1 Å². The molecular formula is C21H31N3O4. The van der Waals surface area contributed by atoms with Gasteiger partial charge in [-0.3, -0.25) is 9.59 Å². The maximum Gasteiger partial charge on any atom is 0.409 e. The second kappa shape index (κ2) is 10.7. The number of likely N-dealkylation sites (tertiary alicyclic amines) is 1. The number of amides is 3. The van der Waals surface area contributed by atoms with E-state index < -0.39 is 0 Å². The number of hydrogen-bond acceptors (Lipinski definition) is 4. The summed E-state index contributed by atoms with van der Waals surface area (Å²) in [4.78, 5) is 39.6. The van der Waals surface area contributed by atoms with E-state index in [2.05, 4.69) is 5.32 Å². The maximum absolute atomic E-state index is 12.2. The molecule has 28 heavy (non-hydrogen) atoms. The Morgan fingerprint density at radius 2 is 1.89 bits per heavy atom. The number of rotatable bonds is 7. The molecule has 0 aromatic heterocycles. The van der Waals surface area contributed by atoms with E-state index in [0.29, 0.717) is 39.2 Å². The van der Waals surface area contributed by atoms with Gasteiger partial charge in [-0.05, 0) is 37.8 Å². The summed E-state index contributed by atoms with van der Waals surface area (Å²) in [7, 11) is 0. The molecule has 0 bridgehead atoms. The fourth-order valence-corrected chi connectivity index (χ4v) is 3.53. The predicted molar refractivity (Wildman–Crippen MR) is 107 cm³/mol. The molecule has 1 heterocycles. The minimum atomic E-state index is -0.293. The van der Waals surface area contributed by atoms with Crippen LogP contribution in [0.15, 0.2) is 24.3 Å². The molecular weight excluding hydrogens is 358 g/mol. The van der Waals surface area contributed by atoms with Crippen LogP contribution in [0.5, 0.6) is 0 Å². The van der Waals surface area contributed by atoms with Crippen LogP contribution in [0.2, 0.25) is 0 Å². The smallest absolute Gasteiger partial charge is 0.409 e. The van der Waals surface area contributed by atoms with Crippen molar-refractivity contribution < 1.29 is 19.1 Å². The number of hydrogen-bond donors (Lipinski definition) is 1. The molecule has 0 saturated carbocycles. The number of carbonyl (C=O) groups excluding carboxylic acids is 3. The lowest BCUT2D eigenvalue weighted by Crippen LogP contribution is -2.50. The van der Waals surface area contributed by atoms with E-state index in [1.807, 2.05) is 31.2 Å². The van der Waals surface area contributed by atoms with E-state index in [1.54, 1.807) is 23.6 Å². The second-order valence-corrected chi connectivity index (χ2v) is 7.08. The largest absolute Gasteiger partial charge is 0.450 e. The van der Waals surface area contributed by atoms with Crippen molar-refractivity contribution in [3.8, 4) is 0 Å². The standard InChI is InChI=1S/C21H31N3O4/c1-4-28-21(27)23-12-9-19(10-13-23)24(17(3)25)14-11-22-20(26)15-18-8-6-5-7-16(18)2/h5-8,19H,4,9-15H2,1-3H3,(H,22,26). The summed E-state index contributed by atoms with van der Waals surface area (Å²) >= 11 is 0. The van der Waals surface area contributed by atoms with Crippen LogP contribution in [-0.4, -0.2) is 66.5 Å². The molecule has 2 rings (SSSR count). The van der Waals surface area contributed by atoms with Gasteiger partial charge in [0.25, 0.3) is 0 Å². The molecule has 1 fully saturated rings. The molecule has 0 spiro atoms. The zero-order valence-electron chi connectivity index (χ0n) is 17.1. The molecule has 1 aromatic carbocycles. The van der Waals surface area contributed by atoms with Crippen molar-refractivity contribution in [2.45, 2.75) is 46.1 Å². The minimum absolute atomic E-state index is 0.0114. The molecule has 1 aliphatic rings. The fourth-order valence-electron chi connectivity index (χ4n) is 3.53. The van der Waals surface area contributed by atoms with Crippen molar-refractivity contribution in [2.75, 3.05) is 32.8 Å². The molecule has 0 atom stereocenters. The second-order valence-electron chi connectivity index (χ2n) is 7.08. The van der Waals surface area contributed by atoms with Crippen molar-refractivity contribution in [1.82, 2.24) is 15.1 Å².